The van der Waals surface area contributed by atoms with E-state index in [9.17, 15) is 5.26 Å². The first kappa shape index (κ1) is 26.2. The van der Waals surface area contributed by atoms with Gasteiger partial charge in [0, 0.05) is 24.9 Å². The van der Waals surface area contributed by atoms with Gasteiger partial charge in [0.25, 0.3) is 0 Å². The normalized spacial score (nSPS) is 23.4. The molecule has 1 heterocycles. The monoisotopic (exact) mass is 475 g/mol. The molecule has 7 heteroatoms. The number of ether oxygens (including phenoxy) is 2. The summed E-state index contributed by atoms with van der Waals surface area (Å²) < 4.78 is 11.5. The Bertz CT molecular complexity index is 1010. The molecule has 1 saturated carbocycles. The zero-order chi connectivity index (χ0) is 25.0. The maximum atomic E-state index is 9.77. The highest BCUT2D eigenvalue weighted by atomic mass is 16.5. The SMILES string of the molecule is CCOC1CCC=C(NC(N)=N/C=C\C(C=C(C)C)C2=CC(C#N)C(OCC3CC3)=CC=C2)C=N1. The fraction of sp³-hybridized carbons (Fsp3) is 0.464. The van der Waals surface area contributed by atoms with Crippen LogP contribution >= 0.6 is 0 Å². The highest BCUT2D eigenvalue weighted by Crippen LogP contribution is 2.32. The van der Waals surface area contributed by atoms with Crippen molar-refractivity contribution in [2.75, 3.05) is 13.2 Å². The summed E-state index contributed by atoms with van der Waals surface area (Å²) in [4.78, 5) is 8.80. The smallest absolute Gasteiger partial charge is 0.197 e. The number of hydrogen-bond donors (Lipinski definition) is 2. The summed E-state index contributed by atoms with van der Waals surface area (Å²) in [5.41, 5.74) is 9.09. The molecule has 35 heavy (non-hydrogen) atoms. The molecule has 0 saturated heterocycles. The van der Waals surface area contributed by atoms with Crippen molar-refractivity contribution >= 4 is 12.2 Å². The Balaban J connectivity index is 1.68. The number of guanidine groups is 1. The van der Waals surface area contributed by atoms with E-state index >= 15 is 0 Å². The minimum absolute atomic E-state index is 0.0505. The number of allylic oxidation sites excluding steroid dienone is 10. The topological polar surface area (TPSA) is 105 Å². The molecule has 7 nitrogen and oxygen atoms in total. The predicted molar refractivity (Wildman–Crippen MR) is 141 cm³/mol. The van der Waals surface area contributed by atoms with Crippen LogP contribution in [0.15, 0.2) is 81.3 Å². The molecule has 0 aromatic rings. The zero-order valence-electron chi connectivity index (χ0n) is 21.0. The maximum absolute atomic E-state index is 9.77. The van der Waals surface area contributed by atoms with Gasteiger partial charge in [0.1, 0.15) is 17.9 Å². The third-order valence-corrected chi connectivity index (χ3v) is 5.73. The van der Waals surface area contributed by atoms with Crippen molar-refractivity contribution in [1.29, 1.82) is 5.26 Å². The number of rotatable bonds is 10. The van der Waals surface area contributed by atoms with E-state index in [-0.39, 0.29) is 18.1 Å². The lowest BCUT2D eigenvalue weighted by atomic mass is 9.93. The van der Waals surface area contributed by atoms with Gasteiger partial charge in [-0.3, -0.25) is 4.99 Å². The van der Waals surface area contributed by atoms with Crippen molar-refractivity contribution in [3.8, 4) is 6.07 Å². The summed E-state index contributed by atoms with van der Waals surface area (Å²) in [5.74, 6) is 1.16. The molecule has 0 amide bonds. The molecule has 0 spiro atoms. The number of hydrogen-bond acceptors (Lipinski definition) is 5. The van der Waals surface area contributed by atoms with Gasteiger partial charge in [-0.05, 0) is 64.0 Å². The van der Waals surface area contributed by atoms with Gasteiger partial charge < -0.3 is 20.5 Å². The Morgan fingerprint density at radius 3 is 2.91 bits per heavy atom. The van der Waals surface area contributed by atoms with E-state index in [1.807, 2.05) is 43.4 Å². The molecule has 3 N–H and O–H groups in total. The van der Waals surface area contributed by atoms with E-state index in [0.717, 1.165) is 24.1 Å². The average molecular weight is 476 g/mol. The molecule has 0 aromatic carbocycles. The van der Waals surface area contributed by atoms with E-state index < -0.39 is 5.92 Å². The molecule has 3 rings (SSSR count). The van der Waals surface area contributed by atoms with E-state index in [0.29, 0.717) is 24.9 Å². The van der Waals surface area contributed by atoms with Crippen molar-refractivity contribution in [1.82, 2.24) is 5.32 Å². The molecule has 3 unspecified atom stereocenters. The van der Waals surface area contributed by atoms with Crippen molar-refractivity contribution < 1.29 is 9.47 Å². The van der Waals surface area contributed by atoms with Crippen LogP contribution in [0, 0.1) is 29.1 Å². The second kappa shape index (κ2) is 13.5. The van der Waals surface area contributed by atoms with Crippen LogP contribution in [0.4, 0.5) is 0 Å². The highest BCUT2D eigenvalue weighted by Gasteiger charge is 2.24. The number of nitrogens with two attached hydrogens (primary N) is 1. The molecule has 1 fully saturated rings. The number of aliphatic imine (C=N–C) groups is 2. The minimum atomic E-state index is -0.419. The quantitative estimate of drug-likeness (QED) is 0.261. The van der Waals surface area contributed by atoms with E-state index in [1.54, 1.807) is 12.4 Å². The number of nitriles is 1. The summed E-state index contributed by atoms with van der Waals surface area (Å²) in [5, 5.41) is 12.9. The van der Waals surface area contributed by atoms with Crippen LogP contribution in [-0.2, 0) is 9.47 Å². The first-order valence-electron chi connectivity index (χ1n) is 12.4. The Kier molecular flexibility index (Phi) is 10.1. The van der Waals surface area contributed by atoms with E-state index in [1.165, 1.54) is 18.4 Å². The Hall–Kier alpha value is -3.37. The molecule has 186 valence electrons. The van der Waals surface area contributed by atoms with Gasteiger partial charge in [-0.25, -0.2) is 4.99 Å². The van der Waals surface area contributed by atoms with Gasteiger partial charge in [0.05, 0.1) is 18.4 Å². The lowest BCUT2D eigenvalue weighted by Crippen LogP contribution is -2.31. The van der Waals surface area contributed by atoms with Crippen LogP contribution in [-0.4, -0.2) is 31.6 Å². The van der Waals surface area contributed by atoms with Gasteiger partial charge in [0.2, 0.25) is 0 Å². The first-order valence-corrected chi connectivity index (χ1v) is 12.4. The number of nitrogens with zero attached hydrogens (tertiary/aromatic N) is 3. The molecular weight excluding hydrogens is 438 g/mol. The Labute approximate surface area is 209 Å². The average Bonchev–Trinajstić information content (AvgIpc) is 3.67. The summed E-state index contributed by atoms with van der Waals surface area (Å²) in [6, 6.07) is 2.37. The third-order valence-electron chi connectivity index (χ3n) is 5.73. The molecule has 2 aliphatic carbocycles. The van der Waals surface area contributed by atoms with Crippen LogP contribution < -0.4 is 11.1 Å². The molecule has 1 aliphatic heterocycles. The largest absolute Gasteiger partial charge is 0.496 e. The van der Waals surface area contributed by atoms with Crippen LogP contribution in [0.3, 0.4) is 0 Å². The third kappa shape index (κ3) is 9.06. The zero-order valence-corrected chi connectivity index (χ0v) is 21.0. The summed E-state index contributed by atoms with van der Waals surface area (Å²) in [6.45, 7) is 7.40. The van der Waals surface area contributed by atoms with Crippen LogP contribution in [0.1, 0.15) is 46.5 Å². The second-order valence-corrected chi connectivity index (χ2v) is 9.13. The second-order valence-electron chi connectivity index (χ2n) is 9.13. The fourth-order valence-corrected chi connectivity index (χ4v) is 3.74. The lowest BCUT2D eigenvalue weighted by molar-refractivity contribution is 0.0650. The van der Waals surface area contributed by atoms with Gasteiger partial charge in [-0.2, -0.15) is 5.26 Å². The molecular formula is C28H37N5O2. The van der Waals surface area contributed by atoms with Crippen molar-refractivity contribution in [3.05, 3.63) is 71.3 Å². The van der Waals surface area contributed by atoms with E-state index in [2.05, 4.69) is 41.3 Å². The lowest BCUT2D eigenvalue weighted by Gasteiger charge is -2.14. The van der Waals surface area contributed by atoms with Crippen LogP contribution in [0.25, 0.3) is 0 Å². The van der Waals surface area contributed by atoms with E-state index in [4.69, 9.17) is 15.2 Å². The maximum Gasteiger partial charge on any atom is 0.197 e. The first-order chi connectivity index (χ1) is 17.0. The Morgan fingerprint density at radius 1 is 1.37 bits per heavy atom. The van der Waals surface area contributed by atoms with Crippen molar-refractivity contribution in [3.63, 3.8) is 0 Å². The van der Waals surface area contributed by atoms with Crippen molar-refractivity contribution in [2.45, 2.75) is 52.7 Å². The minimum Gasteiger partial charge on any atom is -0.496 e. The summed E-state index contributed by atoms with van der Waals surface area (Å²) in [7, 11) is 0. The van der Waals surface area contributed by atoms with Crippen LogP contribution in [0.5, 0.6) is 0 Å². The van der Waals surface area contributed by atoms with Crippen LogP contribution in [0.2, 0.25) is 0 Å². The van der Waals surface area contributed by atoms with Gasteiger partial charge in [0.15, 0.2) is 5.96 Å². The standard InChI is InChI=1S/C28H37N5O2/c1-4-34-27-10-6-8-25(18-32-27)33-28(30)31-14-13-23(15-20(2)3)22-7-5-9-26(24(16-22)17-29)35-19-21-11-12-21/h5,7-9,13-16,18,21,23-24,27H,4,6,10-12,19H2,1-3H3,(H3,30,31,33)/b14-13-. The fourth-order valence-electron chi connectivity index (χ4n) is 3.74. The highest BCUT2D eigenvalue weighted by molar-refractivity contribution is 5.89. The number of nitrogens with one attached hydrogen (secondary N) is 1. The van der Waals surface area contributed by atoms with Crippen molar-refractivity contribution in [2.24, 2.45) is 33.5 Å². The van der Waals surface area contributed by atoms with Gasteiger partial charge in [-0.1, -0.05) is 42.0 Å². The molecule has 0 bridgehead atoms. The molecule has 3 atom stereocenters. The Morgan fingerprint density at radius 2 is 2.20 bits per heavy atom. The molecule has 3 aliphatic rings. The molecule has 0 radical (unpaired) electrons. The molecule has 0 aromatic heterocycles. The van der Waals surface area contributed by atoms with Gasteiger partial charge in [-0.15, -0.1) is 0 Å². The summed E-state index contributed by atoms with van der Waals surface area (Å²) >= 11 is 0. The van der Waals surface area contributed by atoms with Gasteiger partial charge >= 0.3 is 0 Å². The predicted octanol–water partition coefficient (Wildman–Crippen LogP) is 5.04. The summed E-state index contributed by atoms with van der Waals surface area (Å²) in [6.07, 6.45) is 21.5.